The van der Waals surface area contributed by atoms with Crippen molar-refractivity contribution >= 4 is 17.4 Å². The molecule has 0 saturated heterocycles. The summed E-state index contributed by atoms with van der Waals surface area (Å²) in [6.45, 7) is 0. The summed E-state index contributed by atoms with van der Waals surface area (Å²) in [5, 5.41) is 0.263. The minimum absolute atomic E-state index is 0.0641. The molecule has 0 unspecified atom stereocenters. The predicted molar refractivity (Wildman–Crippen MR) is 68.7 cm³/mol. The van der Waals surface area contributed by atoms with Gasteiger partial charge in [-0.25, -0.2) is 4.39 Å². The van der Waals surface area contributed by atoms with Crippen LogP contribution in [0.5, 0.6) is 0 Å². The monoisotopic (exact) mass is 317 g/mol. The summed E-state index contributed by atoms with van der Waals surface area (Å²) in [7, 11) is 0. The predicted octanol–water partition coefficient (Wildman–Crippen LogP) is 4.32. The van der Waals surface area contributed by atoms with Crippen molar-refractivity contribution in [3.63, 3.8) is 0 Å². The molecule has 0 atom stereocenters. The number of hydrogen-bond donors (Lipinski definition) is 0. The van der Waals surface area contributed by atoms with Crippen molar-refractivity contribution in [1.29, 1.82) is 0 Å². The van der Waals surface area contributed by atoms with Crippen LogP contribution in [0.15, 0.2) is 36.5 Å². The molecule has 0 radical (unpaired) electrons. The van der Waals surface area contributed by atoms with E-state index in [4.69, 9.17) is 11.6 Å². The van der Waals surface area contributed by atoms with E-state index in [-0.39, 0.29) is 22.7 Å². The van der Waals surface area contributed by atoms with Crippen molar-refractivity contribution < 1.29 is 22.4 Å². The van der Waals surface area contributed by atoms with Gasteiger partial charge in [0.1, 0.15) is 11.5 Å². The molecule has 1 aromatic carbocycles. The zero-order valence-electron chi connectivity index (χ0n) is 10.4. The normalized spacial score (nSPS) is 11.5. The molecule has 0 N–H and O–H groups in total. The van der Waals surface area contributed by atoms with Gasteiger partial charge in [-0.3, -0.25) is 9.78 Å². The second-order valence-corrected chi connectivity index (χ2v) is 4.70. The number of carbonyl (C=O) groups excluding carboxylic acids is 1. The first-order chi connectivity index (χ1) is 9.77. The van der Waals surface area contributed by atoms with E-state index in [1.54, 1.807) is 0 Å². The number of rotatable bonds is 3. The third-order valence-corrected chi connectivity index (χ3v) is 2.97. The zero-order valence-corrected chi connectivity index (χ0v) is 11.2. The lowest BCUT2D eigenvalue weighted by Gasteiger charge is -2.07. The molecule has 0 aliphatic carbocycles. The van der Waals surface area contributed by atoms with E-state index in [1.807, 2.05) is 0 Å². The largest absolute Gasteiger partial charge is 0.417 e. The maximum atomic E-state index is 13.5. The van der Waals surface area contributed by atoms with E-state index >= 15 is 0 Å². The van der Waals surface area contributed by atoms with Gasteiger partial charge in [0.2, 0.25) is 0 Å². The van der Waals surface area contributed by atoms with Gasteiger partial charge >= 0.3 is 6.18 Å². The second-order valence-electron chi connectivity index (χ2n) is 4.27. The Morgan fingerprint density at radius 3 is 2.48 bits per heavy atom. The fraction of sp³-hybridized carbons (Fsp3) is 0.143. The molecule has 1 aromatic heterocycles. The second kappa shape index (κ2) is 5.81. The van der Waals surface area contributed by atoms with Crippen LogP contribution in [-0.4, -0.2) is 10.8 Å². The Morgan fingerprint density at radius 1 is 1.19 bits per heavy atom. The Kier molecular flexibility index (Phi) is 4.27. The van der Waals surface area contributed by atoms with Crippen molar-refractivity contribution in [3.05, 3.63) is 64.2 Å². The highest BCUT2D eigenvalue weighted by molar-refractivity contribution is 6.30. The molecule has 0 aliphatic rings. The van der Waals surface area contributed by atoms with Crippen molar-refractivity contribution in [3.8, 4) is 0 Å². The maximum Gasteiger partial charge on any atom is 0.417 e. The van der Waals surface area contributed by atoms with Crippen molar-refractivity contribution in [2.24, 2.45) is 0 Å². The Bertz CT molecular complexity index is 668. The molecule has 0 aliphatic heterocycles. The topological polar surface area (TPSA) is 30.0 Å². The van der Waals surface area contributed by atoms with E-state index in [2.05, 4.69) is 4.98 Å². The fourth-order valence-electron chi connectivity index (χ4n) is 1.67. The van der Waals surface area contributed by atoms with Crippen LogP contribution in [-0.2, 0) is 12.6 Å². The number of aromatic nitrogens is 1. The molecule has 0 fully saturated rings. The summed E-state index contributed by atoms with van der Waals surface area (Å²) in [5.41, 5.74) is -1.05. The van der Waals surface area contributed by atoms with Gasteiger partial charge in [0.05, 0.1) is 5.56 Å². The molecule has 21 heavy (non-hydrogen) atoms. The Morgan fingerprint density at radius 2 is 1.90 bits per heavy atom. The van der Waals surface area contributed by atoms with Gasteiger partial charge in [-0.15, -0.1) is 0 Å². The van der Waals surface area contributed by atoms with Crippen LogP contribution in [0.25, 0.3) is 0 Å². The number of ketones is 1. The van der Waals surface area contributed by atoms with Crippen LogP contribution in [0, 0.1) is 5.82 Å². The summed E-state index contributed by atoms with van der Waals surface area (Å²) in [6, 6.07) is 5.47. The molecule has 110 valence electrons. The first-order valence-electron chi connectivity index (χ1n) is 5.78. The van der Waals surface area contributed by atoms with Gasteiger partial charge in [0, 0.05) is 17.6 Å². The third kappa shape index (κ3) is 3.78. The molecule has 0 bridgehead atoms. The van der Waals surface area contributed by atoms with Gasteiger partial charge in [-0.05, 0) is 35.9 Å². The lowest BCUT2D eigenvalue weighted by molar-refractivity contribution is -0.137. The van der Waals surface area contributed by atoms with Crippen molar-refractivity contribution in [2.45, 2.75) is 12.6 Å². The van der Waals surface area contributed by atoms with E-state index in [9.17, 15) is 22.4 Å². The van der Waals surface area contributed by atoms with E-state index < -0.39 is 23.3 Å². The summed E-state index contributed by atoms with van der Waals surface area (Å²) in [4.78, 5) is 15.4. The molecule has 0 amide bonds. The van der Waals surface area contributed by atoms with E-state index in [1.165, 1.54) is 12.1 Å². The summed E-state index contributed by atoms with van der Waals surface area (Å²) < 4.78 is 50.6. The minimum Gasteiger partial charge on any atom is -0.292 e. The first-order valence-corrected chi connectivity index (χ1v) is 6.15. The molecule has 7 heteroatoms. The maximum absolute atomic E-state index is 13.5. The van der Waals surface area contributed by atoms with Crippen LogP contribution in [0.1, 0.15) is 21.6 Å². The highest BCUT2D eigenvalue weighted by Gasteiger charge is 2.30. The van der Waals surface area contributed by atoms with Crippen molar-refractivity contribution in [1.82, 2.24) is 4.98 Å². The molecule has 2 nitrogen and oxygen atoms in total. The lowest BCUT2D eigenvalue weighted by Crippen LogP contribution is -2.10. The number of halogens is 5. The van der Waals surface area contributed by atoms with Gasteiger partial charge in [0.25, 0.3) is 0 Å². The number of hydrogen-bond acceptors (Lipinski definition) is 2. The Balaban J connectivity index is 2.19. The van der Waals surface area contributed by atoms with Gasteiger partial charge in [-0.2, -0.15) is 13.2 Å². The number of alkyl halides is 3. The highest BCUT2D eigenvalue weighted by Crippen LogP contribution is 2.28. The van der Waals surface area contributed by atoms with Crippen LogP contribution in [0.3, 0.4) is 0 Å². The standard InChI is InChI=1S/C14H8ClF4NO/c15-10-2-3-11(16)8(5-10)6-13(21)12-4-1-9(7-20-12)14(17,18)19/h1-5,7H,6H2. The number of benzene rings is 1. The van der Waals surface area contributed by atoms with Crippen LogP contribution in [0.4, 0.5) is 17.6 Å². The zero-order chi connectivity index (χ0) is 15.6. The van der Waals surface area contributed by atoms with Gasteiger partial charge in [-0.1, -0.05) is 11.6 Å². The quantitative estimate of drug-likeness (QED) is 0.623. The lowest BCUT2D eigenvalue weighted by atomic mass is 10.1. The van der Waals surface area contributed by atoms with E-state index in [0.717, 1.165) is 18.2 Å². The van der Waals surface area contributed by atoms with Crippen LogP contribution < -0.4 is 0 Å². The number of pyridine rings is 1. The molecular formula is C14H8ClF4NO. The molecule has 2 rings (SSSR count). The summed E-state index contributed by atoms with van der Waals surface area (Å²) in [5.74, 6) is -1.20. The SMILES string of the molecule is O=C(Cc1cc(Cl)ccc1F)c1ccc(C(F)(F)F)cn1. The third-order valence-electron chi connectivity index (χ3n) is 2.74. The van der Waals surface area contributed by atoms with Crippen LogP contribution >= 0.6 is 11.6 Å². The summed E-state index contributed by atoms with van der Waals surface area (Å²) >= 11 is 5.70. The smallest absolute Gasteiger partial charge is 0.292 e. The van der Waals surface area contributed by atoms with E-state index in [0.29, 0.717) is 6.20 Å². The van der Waals surface area contributed by atoms with Crippen molar-refractivity contribution in [2.75, 3.05) is 0 Å². The van der Waals surface area contributed by atoms with Gasteiger partial charge < -0.3 is 0 Å². The number of nitrogens with zero attached hydrogens (tertiary/aromatic N) is 1. The minimum atomic E-state index is -4.52. The highest BCUT2D eigenvalue weighted by atomic mass is 35.5. The molecule has 0 spiro atoms. The molecule has 1 heterocycles. The Hall–Kier alpha value is -1.95. The van der Waals surface area contributed by atoms with Gasteiger partial charge in [0.15, 0.2) is 5.78 Å². The average molecular weight is 318 g/mol. The summed E-state index contributed by atoms with van der Waals surface area (Å²) in [6.07, 6.45) is -4.28. The molecule has 0 saturated carbocycles. The molecule has 2 aromatic rings. The number of Topliss-reactive ketones (excluding diaryl/α,β-unsaturated/α-hetero) is 1. The van der Waals surface area contributed by atoms with Crippen LogP contribution in [0.2, 0.25) is 5.02 Å². The average Bonchev–Trinajstić information content (AvgIpc) is 2.42. The molecular weight excluding hydrogens is 310 g/mol. The fourth-order valence-corrected chi connectivity index (χ4v) is 1.86. The Labute approximate surface area is 122 Å². The number of carbonyl (C=O) groups is 1. The first kappa shape index (κ1) is 15.4.